The molecule has 7 heteroatoms. The fourth-order valence-corrected chi connectivity index (χ4v) is 4.72. The lowest BCUT2D eigenvalue weighted by molar-refractivity contribution is -0.116. The van der Waals surface area contributed by atoms with Crippen molar-refractivity contribution >= 4 is 34.1 Å². The van der Waals surface area contributed by atoms with Gasteiger partial charge >= 0.3 is 0 Å². The Hall–Kier alpha value is -3.97. The molecule has 0 atom stereocenters. The average molecular weight is 452 g/mol. The fourth-order valence-electron chi connectivity index (χ4n) is 4.72. The Labute approximate surface area is 197 Å². The molecule has 2 aliphatic heterocycles. The van der Waals surface area contributed by atoms with Gasteiger partial charge in [-0.2, -0.15) is 0 Å². The second kappa shape index (κ2) is 8.43. The van der Waals surface area contributed by atoms with Crippen molar-refractivity contribution in [1.29, 1.82) is 0 Å². The third-order valence-corrected chi connectivity index (χ3v) is 6.57. The van der Waals surface area contributed by atoms with Crippen LogP contribution in [0.4, 0.5) is 17.3 Å². The normalized spacial score (nSPS) is 14.8. The minimum Gasteiger partial charge on any atom is -0.495 e. The molecule has 0 aliphatic carbocycles. The highest BCUT2D eigenvalue weighted by Gasteiger charge is 2.16. The lowest BCUT2D eigenvalue weighted by Gasteiger charge is -2.20. The number of carbonyl (C=O) groups is 1. The van der Waals surface area contributed by atoms with E-state index in [0.717, 1.165) is 70.6 Å². The van der Waals surface area contributed by atoms with E-state index in [4.69, 9.17) is 9.72 Å². The highest BCUT2D eigenvalue weighted by atomic mass is 16.5. The number of hydrogen-bond acceptors (Lipinski definition) is 6. The molecule has 170 valence electrons. The van der Waals surface area contributed by atoms with Gasteiger partial charge < -0.3 is 20.7 Å². The third-order valence-electron chi connectivity index (χ3n) is 6.57. The summed E-state index contributed by atoms with van der Waals surface area (Å²) in [6.07, 6.45) is 4.12. The Kier molecular flexibility index (Phi) is 5.11. The van der Waals surface area contributed by atoms with E-state index >= 15 is 0 Å². The quantitative estimate of drug-likeness (QED) is 0.421. The summed E-state index contributed by atoms with van der Waals surface area (Å²) in [7, 11) is 1.69. The first-order valence-corrected chi connectivity index (χ1v) is 11.5. The molecule has 0 radical (unpaired) electrons. The van der Waals surface area contributed by atoms with Gasteiger partial charge in [0.05, 0.1) is 18.3 Å². The summed E-state index contributed by atoms with van der Waals surface area (Å²) in [6, 6.07) is 16.6. The first-order chi connectivity index (χ1) is 16.7. The van der Waals surface area contributed by atoms with E-state index in [1.807, 2.05) is 24.4 Å². The minimum atomic E-state index is 0.0782. The van der Waals surface area contributed by atoms with Crippen molar-refractivity contribution in [2.75, 3.05) is 24.3 Å². The Morgan fingerprint density at radius 3 is 2.74 bits per heavy atom. The van der Waals surface area contributed by atoms with Crippen LogP contribution in [0.1, 0.15) is 23.1 Å². The van der Waals surface area contributed by atoms with Crippen molar-refractivity contribution in [1.82, 2.24) is 15.3 Å². The molecule has 0 spiro atoms. The van der Waals surface area contributed by atoms with Gasteiger partial charge in [-0.1, -0.05) is 18.2 Å². The standard InChI is InChI=1S/C27H25N5O2/c1-34-25-13-18-8-9-28-14-21(18)12-24(25)32-27-29-15-20-3-2-17(11-23(20)31-27)16-4-6-22-19(10-16)5-7-26(33)30-22/h2-4,6,10-13,15,28H,5,7-9,14H2,1H3,(H,30,33)(H,29,31,32). The molecule has 3 N–H and O–H groups in total. The molecule has 0 fully saturated rings. The van der Waals surface area contributed by atoms with Crippen LogP contribution in [0.25, 0.3) is 22.0 Å². The largest absolute Gasteiger partial charge is 0.495 e. The summed E-state index contributed by atoms with van der Waals surface area (Å²) in [5, 5.41) is 10.7. The number of aromatic nitrogens is 2. The number of carbonyl (C=O) groups excluding carboxylic acids is 1. The van der Waals surface area contributed by atoms with Gasteiger partial charge in [-0.15, -0.1) is 0 Å². The second-order valence-corrected chi connectivity index (χ2v) is 8.76. The van der Waals surface area contributed by atoms with Crippen molar-refractivity contribution in [2.24, 2.45) is 0 Å². The number of rotatable bonds is 4. The van der Waals surface area contributed by atoms with E-state index in [0.29, 0.717) is 12.4 Å². The maximum atomic E-state index is 11.7. The Bertz CT molecular complexity index is 1430. The number of aryl methyl sites for hydroxylation is 1. The predicted octanol–water partition coefficient (Wildman–Crippen LogP) is 4.58. The highest BCUT2D eigenvalue weighted by molar-refractivity contribution is 5.94. The van der Waals surface area contributed by atoms with Crippen molar-refractivity contribution in [3.63, 3.8) is 0 Å². The first-order valence-electron chi connectivity index (χ1n) is 11.5. The minimum absolute atomic E-state index is 0.0782. The monoisotopic (exact) mass is 451 g/mol. The van der Waals surface area contributed by atoms with Crippen molar-refractivity contribution in [3.05, 3.63) is 71.4 Å². The van der Waals surface area contributed by atoms with Crippen molar-refractivity contribution in [3.8, 4) is 16.9 Å². The van der Waals surface area contributed by atoms with E-state index in [1.54, 1.807) is 7.11 Å². The van der Waals surface area contributed by atoms with Gasteiger partial charge in [-0.25, -0.2) is 9.97 Å². The van der Waals surface area contributed by atoms with Crippen molar-refractivity contribution in [2.45, 2.75) is 25.8 Å². The first kappa shape index (κ1) is 20.6. The number of benzene rings is 3. The predicted molar refractivity (Wildman–Crippen MR) is 134 cm³/mol. The van der Waals surface area contributed by atoms with E-state index in [-0.39, 0.29) is 5.91 Å². The molecule has 3 aromatic carbocycles. The zero-order valence-electron chi connectivity index (χ0n) is 18.9. The molecular formula is C27H25N5O2. The number of anilines is 3. The van der Waals surface area contributed by atoms with Gasteiger partial charge in [0, 0.05) is 30.2 Å². The van der Waals surface area contributed by atoms with Crippen LogP contribution >= 0.6 is 0 Å². The fraction of sp³-hybridized carbons (Fsp3) is 0.222. The summed E-state index contributed by atoms with van der Waals surface area (Å²) >= 11 is 0. The Morgan fingerprint density at radius 1 is 0.941 bits per heavy atom. The summed E-state index contributed by atoms with van der Waals surface area (Å²) in [4.78, 5) is 21.0. The molecule has 7 nitrogen and oxygen atoms in total. The van der Waals surface area contributed by atoms with Gasteiger partial charge in [-0.05, 0) is 77.5 Å². The molecule has 3 heterocycles. The van der Waals surface area contributed by atoms with Crippen LogP contribution in [0.2, 0.25) is 0 Å². The topological polar surface area (TPSA) is 88.2 Å². The summed E-state index contributed by atoms with van der Waals surface area (Å²) in [5.41, 5.74) is 8.55. The third kappa shape index (κ3) is 3.84. The molecular weight excluding hydrogens is 426 g/mol. The van der Waals surface area contributed by atoms with Crippen LogP contribution in [-0.2, 0) is 24.2 Å². The molecule has 6 rings (SSSR count). The van der Waals surface area contributed by atoms with Crippen LogP contribution in [-0.4, -0.2) is 29.5 Å². The van der Waals surface area contributed by atoms with Gasteiger partial charge in [-0.3, -0.25) is 4.79 Å². The van der Waals surface area contributed by atoms with E-state index in [2.05, 4.69) is 51.3 Å². The number of nitrogens with one attached hydrogen (secondary N) is 3. The summed E-state index contributed by atoms with van der Waals surface area (Å²) < 4.78 is 5.64. The van der Waals surface area contributed by atoms with Crippen LogP contribution in [0.15, 0.2) is 54.7 Å². The van der Waals surface area contributed by atoms with Gasteiger partial charge in [0.15, 0.2) is 0 Å². The Morgan fingerprint density at radius 2 is 1.82 bits per heavy atom. The summed E-state index contributed by atoms with van der Waals surface area (Å²) in [5.74, 6) is 1.40. The molecule has 2 aliphatic rings. The maximum absolute atomic E-state index is 11.7. The Balaban J connectivity index is 1.33. The van der Waals surface area contributed by atoms with Crippen LogP contribution in [0.3, 0.4) is 0 Å². The molecule has 1 amide bonds. The number of nitrogens with zero attached hydrogens (tertiary/aromatic N) is 2. The molecule has 0 saturated carbocycles. The van der Waals surface area contributed by atoms with E-state index < -0.39 is 0 Å². The lowest BCUT2D eigenvalue weighted by atomic mass is 9.96. The van der Waals surface area contributed by atoms with E-state index in [1.165, 1.54) is 11.1 Å². The number of ether oxygens (including phenoxy) is 1. The van der Waals surface area contributed by atoms with E-state index in [9.17, 15) is 4.79 Å². The molecule has 0 unspecified atom stereocenters. The maximum Gasteiger partial charge on any atom is 0.227 e. The second-order valence-electron chi connectivity index (χ2n) is 8.76. The van der Waals surface area contributed by atoms with Crippen molar-refractivity contribution < 1.29 is 9.53 Å². The molecule has 0 bridgehead atoms. The average Bonchev–Trinajstić information content (AvgIpc) is 2.87. The zero-order valence-corrected chi connectivity index (χ0v) is 18.9. The molecule has 34 heavy (non-hydrogen) atoms. The smallest absolute Gasteiger partial charge is 0.227 e. The molecule has 1 aromatic heterocycles. The van der Waals surface area contributed by atoms with Gasteiger partial charge in [0.2, 0.25) is 11.9 Å². The summed E-state index contributed by atoms with van der Waals surface area (Å²) in [6.45, 7) is 1.83. The van der Waals surface area contributed by atoms with Crippen LogP contribution in [0.5, 0.6) is 5.75 Å². The molecule has 4 aromatic rings. The van der Waals surface area contributed by atoms with Crippen LogP contribution < -0.4 is 20.7 Å². The highest BCUT2D eigenvalue weighted by Crippen LogP contribution is 2.33. The number of fused-ring (bicyclic) bond motifs is 3. The SMILES string of the molecule is COc1cc2c(cc1Nc1ncc3ccc(-c4ccc5c(c4)CCC(=O)N5)cc3n1)CNCC2. The van der Waals surface area contributed by atoms with Gasteiger partial charge in [0.25, 0.3) is 0 Å². The number of hydrogen-bond donors (Lipinski definition) is 3. The van der Waals surface area contributed by atoms with Gasteiger partial charge in [0.1, 0.15) is 5.75 Å². The lowest BCUT2D eigenvalue weighted by Crippen LogP contribution is -2.23. The number of methoxy groups -OCH3 is 1. The number of amides is 1. The zero-order chi connectivity index (χ0) is 23.1. The molecule has 0 saturated heterocycles. The van der Waals surface area contributed by atoms with Crippen LogP contribution in [0, 0.1) is 0 Å².